The number of carbonyl (C=O) groups excluding carboxylic acids is 1. The molecule has 2 N–H and O–H groups in total. The van der Waals surface area contributed by atoms with Crippen LogP contribution in [0.1, 0.15) is 17.2 Å². The Hall–Kier alpha value is -3.31. The molecule has 0 aliphatic carbocycles. The average Bonchev–Trinajstić information content (AvgIpc) is 2.72. The van der Waals surface area contributed by atoms with Crippen LogP contribution in [0.25, 0.3) is 11.1 Å². The monoisotopic (exact) mass is 391 g/mol. The van der Waals surface area contributed by atoms with E-state index in [-0.39, 0.29) is 12.0 Å². The van der Waals surface area contributed by atoms with Gasteiger partial charge in [0.25, 0.3) is 0 Å². The minimum atomic E-state index is -0.388. The van der Waals surface area contributed by atoms with E-state index in [0.29, 0.717) is 17.2 Å². The summed E-state index contributed by atoms with van der Waals surface area (Å²) >= 11 is 6.15. The molecule has 6 heteroatoms. The van der Waals surface area contributed by atoms with Crippen LogP contribution in [0.2, 0.25) is 5.02 Å². The predicted molar refractivity (Wildman–Crippen MR) is 111 cm³/mol. The summed E-state index contributed by atoms with van der Waals surface area (Å²) in [4.78, 5) is 17.0. The lowest BCUT2D eigenvalue weighted by Gasteiger charge is -2.27. The zero-order chi connectivity index (χ0) is 19.7. The van der Waals surface area contributed by atoms with Gasteiger partial charge in [0.15, 0.2) is 5.96 Å². The molecule has 0 spiro atoms. The zero-order valence-corrected chi connectivity index (χ0v) is 15.9. The van der Waals surface area contributed by atoms with Gasteiger partial charge in [0.1, 0.15) is 17.5 Å². The number of halogens is 1. The number of rotatable bonds is 3. The Balaban J connectivity index is 1.86. The maximum atomic E-state index is 11.1. The largest absolute Gasteiger partial charge is 0.457 e. The van der Waals surface area contributed by atoms with Gasteiger partial charge in [-0.15, -0.1) is 0 Å². The number of amides is 1. The summed E-state index contributed by atoms with van der Waals surface area (Å²) in [5.74, 6) is 1.57. The Morgan fingerprint density at radius 3 is 2.57 bits per heavy atom. The summed E-state index contributed by atoms with van der Waals surface area (Å²) in [6, 6.07) is 20.9. The second-order valence-electron chi connectivity index (χ2n) is 6.51. The van der Waals surface area contributed by atoms with Crippen molar-refractivity contribution in [3.05, 3.63) is 82.9 Å². The lowest BCUT2D eigenvalue weighted by Crippen LogP contribution is -2.33. The molecule has 5 nitrogen and oxygen atoms in total. The Bertz CT molecular complexity index is 1080. The highest BCUT2D eigenvalue weighted by Gasteiger charge is 2.28. The number of benzene rings is 3. The van der Waals surface area contributed by atoms with Crippen LogP contribution in [0, 0.1) is 0 Å². The Morgan fingerprint density at radius 1 is 1.04 bits per heavy atom. The van der Waals surface area contributed by atoms with E-state index in [2.05, 4.69) is 4.99 Å². The van der Waals surface area contributed by atoms with E-state index in [1.54, 1.807) is 7.05 Å². The third kappa shape index (κ3) is 3.32. The zero-order valence-electron chi connectivity index (χ0n) is 15.2. The van der Waals surface area contributed by atoms with E-state index >= 15 is 0 Å². The van der Waals surface area contributed by atoms with E-state index in [1.807, 2.05) is 66.7 Å². The van der Waals surface area contributed by atoms with Crippen molar-refractivity contribution in [1.82, 2.24) is 4.90 Å². The first-order chi connectivity index (χ1) is 13.6. The fourth-order valence-electron chi connectivity index (χ4n) is 3.20. The number of para-hydroxylation sites is 1. The van der Waals surface area contributed by atoms with Gasteiger partial charge in [-0.1, -0.05) is 48.0 Å². The molecule has 3 aromatic rings. The van der Waals surface area contributed by atoms with Crippen molar-refractivity contribution in [3.63, 3.8) is 0 Å². The molecule has 1 amide bonds. The van der Waals surface area contributed by atoms with E-state index in [9.17, 15) is 4.79 Å². The maximum absolute atomic E-state index is 11.1. The van der Waals surface area contributed by atoms with Crippen LogP contribution < -0.4 is 10.5 Å². The first-order valence-corrected chi connectivity index (χ1v) is 9.12. The number of hydrogen-bond donors (Lipinski definition) is 1. The molecule has 0 radical (unpaired) electrons. The summed E-state index contributed by atoms with van der Waals surface area (Å²) in [6.45, 7) is 0. The van der Waals surface area contributed by atoms with Gasteiger partial charge in [0.05, 0.1) is 0 Å². The predicted octanol–water partition coefficient (Wildman–Crippen LogP) is 4.61. The Morgan fingerprint density at radius 2 is 1.79 bits per heavy atom. The molecule has 0 saturated carbocycles. The van der Waals surface area contributed by atoms with Crippen LogP contribution >= 0.6 is 11.6 Å². The molecule has 0 fully saturated rings. The number of nitrogens with zero attached hydrogens (tertiary/aromatic N) is 2. The van der Waals surface area contributed by atoms with Crippen LogP contribution in [0.15, 0.2) is 71.7 Å². The highest BCUT2D eigenvalue weighted by atomic mass is 35.5. The molecule has 28 heavy (non-hydrogen) atoms. The molecule has 3 aromatic carbocycles. The SMILES string of the molecule is CN(C=O)C(N)=NC1c2ccccc2Oc2ccc(-c3cccc(Cl)c3)cc21. The van der Waals surface area contributed by atoms with E-state index in [4.69, 9.17) is 22.1 Å². The smallest absolute Gasteiger partial charge is 0.216 e. The topological polar surface area (TPSA) is 67.9 Å². The van der Waals surface area contributed by atoms with Crippen molar-refractivity contribution in [2.45, 2.75) is 6.04 Å². The van der Waals surface area contributed by atoms with Gasteiger partial charge in [-0.2, -0.15) is 0 Å². The van der Waals surface area contributed by atoms with Crippen LogP contribution in [0.4, 0.5) is 0 Å². The van der Waals surface area contributed by atoms with Crippen molar-refractivity contribution in [2.24, 2.45) is 10.7 Å². The van der Waals surface area contributed by atoms with Gasteiger partial charge in [-0.05, 0) is 41.5 Å². The fourth-order valence-corrected chi connectivity index (χ4v) is 3.39. The van der Waals surface area contributed by atoms with Crippen LogP contribution in [-0.4, -0.2) is 24.3 Å². The maximum Gasteiger partial charge on any atom is 0.216 e. The Kier molecular flexibility index (Phi) is 4.75. The van der Waals surface area contributed by atoms with Crippen molar-refractivity contribution >= 4 is 24.0 Å². The highest BCUT2D eigenvalue weighted by Crippen LogP contribution is 2.46. The highest BCUT2D eigenvalue weighted by molar-refractivity contribution is 6.30. The molecule has 4 rings (SSSR count). The van der Waals surface area contributed by atoms with E-state index in [0.717, 1.165) is 28.0 Å². The van der Waals surface area contributed by atoms with Crippen LogP contribution in [-0.2, 0) is 4.79 Å². The Labute approximate surface area is 168 Å². The fraction of sp³-hybridized carbons (Fsp3) is 0.0909. The van der Waals surface area contributed by atoms with Gasteiger partial charge in [-0.3, -0.25) is 9.69 Å². The number of fused-ring (bicyclic) bond motifs is 2. The van der Waals surface area contributed by atoms with Crippen molar-refractivity contribution in [3.8, 4) is 22.6 Å². The number of aliphatic imine (C=N–C) groups is 1. The molecular formula is C22H18ClN3O2. The molecule has 1 atom stereocenters. The van der Waals surface area contributed by atoms with E-state index in [1.165, 1.54) is 4.90 Å². The second-order valence-corrected chi connectivity index (χ2v) is 6.95. The number of guanidine groups is 1. The molecule has 140 valence electrons. The lowest BCUT2D eigenvalue weighted by molar-refractivity contribution is -0.114. The molecular weight excluding hydrogens is 374 g/mol. The average molecular weight is 392 g/mol. The van der Waals surface area contributed by atoms with Crippen molar-refractivity contribution in [2.75, 3.05) is 7.05 Å². The van der Waals surface area contributed by atoms with Crippen molar-refractivity contribution < 1.29 is 9.53 Å². The van der Waals surface area contributed by atoms with Gasteiger partial charge in [0.2, 0.25) is 6.41 Å². The first-order valence-electron chi connectivity index (χ1n) is 8.75. The summed E-state index contributed by atoms with van der Waals surface area (Å²) in [6.07, 6.45) is 0.632. The second kappa shape index (κ2) is 7.37. The van der Waals surface area contributed by atoms with Gasteiger partial charge in [0, 0.05) is 23.2 Å². The van der Waals surface area contributed by atoms with Crippen LogP contribution in [0.5, 0.6) is 11.5 Å². The number of hydrogen-bond acceptors (Lipinski definition) is 3. The summed E-state index contributed by atoms with van der Waals surface area (Å²) < 4.78 is 6.07. The summed E-state index contributed by atoms with van der Waals surface area (Å²) in [7, 11) is 1.57. The molecule has 0 bridgehead atoms. The summed E-state index contributed by atoms with van der Waals surface area (Å²) in [5.41, 5.74) is 9.78. The van der Waals surface area contributed by atoms with Crippen LogP contribution in [0.3, 0.4) is 0 Å². The molecule has 1 heterocycles. The minimum absolute atomic E-state index is 0.135. The van der Waals surface area contributed by atoms with Gasteiger partial charge in [-0.25, -0.2) is 4.99 Å². The summed E-state index contributed by atoms with van der Waals surface area (Å²) in [5, 5.41) is 0.670. The molecule has 0 saturated heterocycles. The molecule has 1 aliphatic rings. The van der Waals surface area contributed by atoms with E-state index < -0.39 is 0 Å². The van der Waals surface area contributed by atoms with Gasteiger partial charge < -0.3 is 10.5 Å². The van der Waals surface area contributed by atoms with Gasteiger partial charge >= 0.3 is 0 Å². The quantitative estimate of drug-likeness (QED) is 0.403. The standard InChI is InChI=1S/C22H18ClN3O2/c1-26(13-27)22(24)25-21-17-7-2-3-8-19(17)28-20-10-9-15(12-18(20)21)14-5-4-6-16(23)11-14/h2-13,21H,1H3,(H2,24,25). The molecule has 0 aromatic heterocycles. The minimum Gasteiger partial charge on any atom is -0.457 e. The first kappa shape index (κ1) is 18.1. The number of nitrogens with two attached hydrogens (primary N) is 1. The third-order valence-electron chi connectivity index (χ3n) is 4.68. The normalized spacial score (nSPS) is 15.2. The molecule has 1 unspecified atom stereocenters. The molecule has 1 aliphatic heterocycles. The lowest BCUT2D eigenvalue weighted by atomic mass is 9.92. The number of carbonyl (C=O) groups is 1. The third-order valence-corrected chi connectivity index (χ3v) is 4.91. The number of ether oxygens (including phenoxy) is 1. The van der Waals surface area contributed by atoms with Crippen molar-refractivity contribution in [1.29, 1.82) is 0 Å².